The number of piperidine rings is 1. The van der Waals surface area contributed by atoms with Gasteiger partial charge in [0.1, 0.15) is 12.6 Å². The summed E-state index contributed by atoms with van der Waals surface area (Å²) in [5.41, 5.74) is 3.04. The van der Waals surface area contributed by atoms with Crippen LogP contribution in [0.1, 0.15) is 12.8 Å². The Bertz CT molecular complexity index is 1180. The number of rotatable bonds is 6. The highest BCUT2D eigenvalue weighted by atomic mass is 16.3. The van der Waals surface area contributed by atoms with Crippen LogP contribution in [0.5, 0.6) is 0 Å². The van der Waals surface area contributed by atoms with Crippen LogP contribution in [-0.4, -0.2) is 82.8 Å². The van der Waals surface area contributed by atoms with E-state index in [0.717, 1.165) is 74.6 Å². The summed E-state index contributed by atoms with van der Waals surface area (Å²) in [5, 5.41) is 18.1. The molecule has 1 atom stereocenters. The third-order valence-corrected chi connectivity index (χ3v) is 6.74. The van der Waals surface area contributed by atoms with Gasteiger partial charge in [0, 0.05) is 50.6 Å². The average molecular weight is 463 g/mol. The fourth-order valence-electron chi connectivity index (χ4n) is 4.75. The molecule has 9 nitrogen and oxygen atoms in total. The molecule has 0 bridgehead atoms. The first-order valence-corrected chi connectivity index (χ1v) is 12.0. The van der Waals surface area contributed by atoms with E-state index in [0.29, 0.717) is 5.95 Å². The average Bonchev–Trinajstić information content (AvgIpc) is 3.34. The highest BCUT2D eigenvalue weighted by Gasteiger charge is 2.27. The van der Waals surface area contributed by atoms with Crippen LogP contribution in [0.3, 0.4) is 0 Å². The van der Waals surface area contributed by atoms with E-state index in [1.165, 1.54) is 11.8 Å². The number of aliphatic hydroxyl groups excluding tert-OH is 1. The number of aromatic nitrogens is 3. The van der Waals surface area contributed by atoms with Gasteiger partial charge < -0.3 is 25.2 Å². The maximum Gasteiger partial charge on any atom is 0.359 e. The monoisotopic (exact) mass is 462 g/mol. The number of nitrogens with zero attached hydrogens (tertiary/aromatic N) is 4. The molecule has 0 spiro atoms. The Morgan fingerprint density at radius 3 is 2.79 bits per heavy atom. The summed E-state index contributed by atoms with van der Waals surface area (Å²) < 4.78 is 1.96. The number of aliphatic hydroxyl groups is 1. The second kappa shape index (κ2) is 9.72. The Labute approximate surface area is 199 Å². The third kappa shape index (κ3) is 4.84. The molecule has 2 fully saturated rings. The number of hydrogen-bond acceptors (Lipinski definition) is 5. The number of anilines is 4. The van der Waals surface area contributed by atoms with Crippen LogP contribution < -0.4 is 20.5 Å². The van der Waals surface area contributed by atoms with Crippen LogP contribution in [0.2, 0.25) is 0 Å². The van der Waals surface area contributed by atoms with Crippen molar-refractivity contribution in [1.29, 1.82) is 0 Å². The molecule has 4 heterocycles. The smallest absolute Gasteiger partial charge is 0.359 e. The van der Waals surface area contributed by atoms with Gasteiger partial charge in [-0.2, -0.15) is 4.58 Å². The molecule has 2 aliphatic rings. The summed E-state index contributed by atoms with van der Waals surface area (Å²) in [6.07, 6.45) is 5.43. The van der Waals surface area contributed by atoms with Gasteiger partial charge in [-0.25, -0.2) is 4.98 Å². The zero-order chi connectivity index (χ0) is 23.5. The lowest BCUT2D eigenvalue weighted by atomic mass is 10.1. The fourth-order valence-corrected chi connectivity index (χ4v) is 4.75. The van der Waals surface area contributed by atoms with E-state index in [-0.39, 0.29) is 11.9 Å². The van der Waals surface area contributed by atoms with Crippen molar-refractivity contribution in [3.63, 3.8) is 0 Å². The quantitative estimate of drug-likeness (QED) is 0.332. The lowest BCUT2D eigenvalue weighted by Crippen LogP contribution is -2.44. The van der Waals surface area contributed by atoms with Gasteiger partial charge in [-0.15, -0.1) is 0 Å². The van der Waals surface area contributed by atoms with Crippen molar-refractivity contribution in [3.8, 4) is 0 Å². The fraction of sp³-hybridized carbons (Fsp3) is 0.400. The van der Waals surface area contributed by atoms with E-state index in [1.54, 1.807) is 0 Å². The number of H-pyrrole nitrogens is 2. The van der Waals surface area contributed by atoms with Gasteiger partial charge in [0.15, 0.2) is 6.54 Å². The van der Waals surface area contributed by atoms with E-state index in [2.05, 4.69) is 68.3 Å². The summed E-state index contributed by atoms with van der Waals surface area (Å²) in [4.78, 5) is 16.2. The molecular formula is C25H34N8O+2. The van der Waals surface area contributed by atoms with Gasteiger partial charge >= 0.3 is 11.8 Å². The number of piperazine rings is 1. The molecule has 5 rings (SSSR count). The first-order valence-electron chi connectivity index (χ1n) is 12.0. The second-order valence-corrected chi connectivity index (χ2v) is 9.15. The summed E-state index contributed by atoms with van der Waals surface area (Å²) in [7, 11) is 2.17. The van der Waals surface area contributed by atoms with Crippen LogP contribution in [-0.2, 0) is 0 Å². The molecular weight excluding hydrogens is 428 g/mol. The Hall–Kier alpha value is -3.59. The molecule has 0 radical (unpaired) electrons. The van der Waals surface area contributed by atoms with Gasteiger partial charge in [0.05, 0.1) is 11.1 Å². The lowest BCUT2D eigenvalue weighted by molar-refractivity contribution is -0.545. The minimum atomic E-state index is 0.198. The van der Waals surface area contributed by atoms with Gasteiger partial charge in [-0.05, 0) is 43.8 Å². The van der Waals surface area contributed by atoms with Gasteiger partial charge in [0.25, 0.3) is 0 Å². The van der Waals surface area contributed by atoms with Gasteiger partial charge in [0.2, 0.25) is 11.5 Å². The highest BCUT2D eigenvalue weighted by molar-refractivity contribution is 5.86. The molecule has 1 aromatic carbocycles. The maximum absolute atomic E-state index is 10.1. The van der Waals surface area contributed by atoms with Gasteiger partial charge in [-0.3, -0.25) is 5.32 Å². The lowest BCUT2D eigenvalue weighted by Gasteiger charge is -2.34. The van der Waals surface area contributed by atoms with Crippen LogP contribution in [0.4, 0.5) is 23.1 Å². The van der Waals surface area contributed by atoms with Crippen molar-refractivity contribution in [3.05, 3.63) is 49.2 Å². The van der Waals surface area contributed by atoms with Crippen molar-refractivity contribution in [2.75, 3.05) is 61.8 Å². The molecule has 0 saturated carbocycles. The number of fused-ring (bicyclic) bond motifs is 1. The Kier molecular flexibility index (Phi) is 6.35. The van der Waals surface area contributed by atoms with E-state index in [1.807, 2.05) is 16.8 Å². The third-order valence-electron chi connectivity index (χ3n) is 6.74. The Morgan fingerprint density at radius 2 is 2.03 bits per heavy atom. The minimum Gasteiger partial charge on any atom is -0.460 e. The van der Waals surface area contributed by atoms with Crippen molar-refractivity contribution >= 4 is 40.1 Å². The molecule has 9 heteroatoms. The summed E-state index contributed by atoms with van der Waals surface area (Å²) in [5.74, 6) is 1.81. The van der Waals surface area contributed by atoms with Crippen molar-refractivity contribution in [2.24, 2.45) is 0 Å². The molecule has 0 amide bonds. The van der Waals surface area contributed by atoms with E-state index in [4.69, 9.17) is 4.98 Å². The predicted molar refractivity (Wildman–Crippen MR) is 137 cm³/mol. The number of nitrogens with one attached hydrogen (secondary N) is 4. The zero-order valence-electron chi connectivity index (χ0n) is 19.7. The molecule has 0 aliphatic carbocycles. The standard InChI is InChI=1S/C25H32N8O/c1-3-22(34)33-12-4-5-19(17-33)27-24-21-10-11-26-23(21)29-25(30-24)28-18-6-8-20(9-7-18)32-15-13-31(2)14-16-32/h3,6-11,19H,1,4-5,12-17H2,2H3,(H3,26,27,28,29,30)/p+2/t19-/m0/s1. The largest absolute Gasteiger partial charge is 0.460 e. The number of benzene rings is 1. The predicted octanol–water partition coefficient (Wildman–Crippen LogP) is 2.60. The minimum absolute atomic E-state index is 0.198. The van der Waals surface area contributed by atoms with Crippen LogP contribution in [0, 0.1) is 0 Å². The highest BCUT2D eigenvalue weighted by Crippen LogP contribution is 2.24. The number of aromatic amines is 2. The number of likely N-dealkylation sites (N-methyl/N-ethyl adjacent to an activating group) is 1. The molecule has 34 heavy (non-hydrogen) atoms. The molecule has 3 aromatic rings. The molecule has 178 valence electrons. The van der Waals surface area contributed by atoms with Crippen LogP contribution in [0.25, 0.3) is 11.0 Å². The first-order chi connectivity index (χ1) is 16.6. The van der Waals surface area contributed by atoms with Crippen molar-refractivity contribution in [2.45, 2.75) is 18.9 Å². The van der Waals surface area contributed by atoms with Crippen LogP contribution in [0.15, 0.2) is 49.2 Å². The second-order valence-electron chi connectivity index (χ2n) is 9.15. The van der Waals surface area contributed by atoms with E-state index >= 15 is 0 Å². The van der Waals surface area contributed by atoms with E-state index in [9.17, 15) is 5.11 Å². The number of hydrogen-bond donors (Lipinski definition) is 4. The van der Waals surface area contributed by atoms with E-state index < -0.39 is 0 Å². The summed E-state index contributed by atoms with van der Waals surface area (Å²) in [6.45, 7) is 9.53. The maximum atomic E-state index is 10.1. The normalized spacial score (nSPS) is 20.9. The van der Waals surface area contributed by atoms with Crippen molar-refractivity contribution in [1.82, 2.24) is 14.9 Å². The SMILES string of the molecule is C=CC(O)=[N+]1CCC[C@H](Nc2[nH+]c(Nc3ccc(N4CCN(C)CC4)cc3)nc3[nH]ccc23)C1. The topological polar surface area (TPSA) is 96.6 Å². The molecule has 2 aliphatic heterocycles. The molecule has 2 saturated heterocycles. The Morgan fingerprint density at radius 1 is 1.24 bits per heavy atom. The molecule has 5 N–H and O–H groups in total. The zero-order valence-corrected chi connectivity index (χ0v) is 19.7. The summed E-state index contributed by atoms with van der Waals surface area (Å²) in [6, 6.07) is 10.7. The first kappa shape index (κ1) is 22.2. The Balaban J connectivity index is 1.32. The van der Waals surface area contributed by atoms with Crippen LogP contribution >= 0.6 is 0 Å². The van der Waals surface area contributed by atoms with Crippen molar-refractivity contribution < 1.29 is 14.7 Å². The summed E-state index contributed by atoms with van der Waals surface area (Å²) >= 11 is 0. The van der Waals surface area contributed by atoms with Gasteiger partial charge in [-0.1, -0.05) is 11.6 Å². The molecule has 2 aromatic heterocycles. The molecule has 0 unspecified atom stereocenters.